The molecule has 0 bridgehead atoms. The Morgan fingerprint density at radius 2 is 2.38 bits per heavy atom. The van der Waals surface area contributed by atoms with Crippen molar-refractivity contribution in [3.8, 4) is 0 Å². The van der Waals surface area contributed by atoms with Crippen LogP contribution in [0, 0.1) is 23.0 Å². The van der Waals surface area contributed by atoms with E-state index in [4.69, 9.17) is 5.11 Å². The number of nitro groups is 1. The highest BCUT2D eigenvalue weighted by Crippen LogP contribution is 2.37. The molecule has 0 radical (unpaired) electrons. The summed E-state index contributed by atoms with van der Waals surface area (Å²) < 4.78 is 0.856. The Morgan fingerprint density at radius 1 is 1.57 bits per heavy atom. The number of hydrogen-bond donors (Lipinski definition) is 1. The number of nitrogens with zero attached hydrogens (tertiary/aromatic N) is 3. The number of aromatic nitrogens is 1. The highest BCUT2D eigenvalue weighted by atomic mass is 32.1. The molecule has 1 fully saturated rings. The van der Waals surface area contributed by atoms with Gasteiger partial charge in [0.15, 0.2) is 0 Å². The van der Waals surface area contributed by atoms with Crippen molar-refractivity contribution in [3.63, 3.8) is 0 Å². The molecule has 2 heterocycles. The second-order valence-electron chi connectivity index (χ2n) is 5.41. The maximum atomic E-state index is 11.4. The Labute approximate surface area is 126 Å². The van der Waals surface area contributed by atoms with Crippen molar-refractivity contribution in [2.45, 2.75) is 19.8 Å². The number of aliphatic hydroxyl groups is 1. The monoisotopic (exact) mass is 307 g/mol. The fourth-order valence-electron chi connectivity index (χ4n) is 2.94. The minimum atomic E-state index is -0.316. The molecule has 0 saturated carbocycles. The fourth-order valence-corrected chi connectivity index (χ4v) is 3.78. The number of hydrogen-bond acceptors (Lipinski definition) is 6. The Morgan fingerprint density at radius 3 is 3.10 bits per heavy atom. The maximum Gasteiger partial charge on any atom is 0.294 e. The summed E-state index contributed by atoms with van der Waals surface area (Å²) in [7, 11) is 0. The van der Waals surface area contributed by atoms with Gasteiger partial charge in [-0.25, -0.2) is 4.98 Å². The summed E-state index contributed by atoms with van der Waals surface area (Å²) in [5.41, 5.74) is 1.62. The molecule has 7 heteroatoms. The average Bonchev–Trinajstić information content (AvgIpc) is 3.02. The standard InChI is InChI=1S/C14H17N3O3S/c1-9-15-11-6-12(13(17(19)20)7-14(11)21-9)16-4-2-10(8-16)3-5-18/h6-7,10,18H,2-5,8H2,1H3. The molecule has 0 spiro atoms. The van der Waals surface area contributed by atoms with Crippen LogP contribution in [-0.2, 0) is 0 Å². The number of thiazole rings is 1. The first kappa shape index (κ1) is 14.2. The normalized spacial score (nSPS) is 18.6. The Bertz CT molecular complexity index is 685. The number of nitro benzene ring substituents is 1. The van der Waals surface area contributed by atoms with Gasteiger partial charge in [-0.1, -0.05) is 0 Å². The summed E-state index contributed by atoms with van der Waals surface area (Å²) in [6.45, 7) is 3.63. The third-order valence-electron chi connectivity index (χ3n) is 3.95. The summed E-state index contributed by atoms with van der Waals surface area (Å²) in [5.74, 6) is 0.405. The number of benzene rings is 1. The molecule has 1 saturated heterocycles. The average molecular weight is 307 g/mol. The lowest BCUT2D eigenvalue weighted by molar-refractivity contribution is -0.384. The van der Waals surface area contributed by atoms with E-state index in [1.54, 1.807) is 6.07 Å². The van der Waals surface area contributed by atoms with Gasteiger partial charge in [0.1, 0.15) is 5.69 Å². The van der Waals surface area contributed by atoms with Gasteiger partial charge in [0.2, 0.25) is 0 Å². The third-order valence-corrected chi connectivity index (χ3v) is 4.89. The first-order chi connectivity index (χ1) is 10.1. The predicted molar refractivity (Wildman–Crippen MR) is 83.0 cm³/mol. The summed E-state index contributed by atoms with van der Waals surface area (Å²) in [4.78, 5) is 17.5. The third kappa shape index (κ3) is 2.71. The van der Waals surface area contributed by atoms with E-state index in [9.17, 15) is 10.1 Å². The smallest absolute Gasteiger partial charge is 0.294 e. The van der Waals surface area contributed by atoms with Gasteiger partial charge in [0, 0.05) is 25.8 Å². The number of fused-ring (bicyclic) bond motifs is 1. The molecule has 1 unspecified atom stereocenters. The zero-order chi connectivity index (χ0) is 15.0. The second kappa shape index (κ2) is 5.57. The number of rotatable bonds is 4. The van der Waals surface area contributed by atoms with Crippen LogP contribution in [0.4, 0.5) is 11.4 Å². The Balaban J connectivity index is 2.00. The highest BCUT2D eigenvalue weighted by molar-refractivity contribution is 7.18. The zero-order valence-electron chi connectivity index (χ0n) is 11.8. The van der Waals surface area contributed by atoms with Crippen LogP contribution >= 0.6 is 11.3 Å². The SMILES string of the molecule is Cc1nc2cc(N3CCC(CCO)C3)c([N+](=O)[O-])cc2s1. The molecule has 21 heavy (non-hydrogen) atoms. The molecule has 1 atom stereocenters. The van der Waals surface area contributed by atoms with Crippen LogP contribution in [0.15, 0.2) is 12.1 Å². The van der Waals surface area contributed by atoms with E-state index >= 15 is 0 Å². The van der Waals surface area contributed by atoms with Crippen LogP contribution in [0.25, 0.3) is 10.2 Å². The van der Waals surface area contributed by atoms with E-state index in [0.29, 0.717) is 11.6 Å². The van der Waals surface area contributed by atoms with Crippen LogP contribution in [0.3, 0.4) is 0 Å². The van der Waals surface area contributed by atoms with Crippen molar-refractivity contribution in [2.75, 3.05) is 24.6 Å². The van der Waals surface area contributed by atoms with Crippen molar-refractivity contribution >= 4 is 32.9 Å². The summed E-state index contributed by atoms with van der Waals surface area (Å²) in [6, 6.07) is 3.47. The van der Waals surface area contributed by atoms with Crippen molar-refractivity contribution in [1.82, 2.24) is 4.98 Å². The van der Waals surface area contributed by atoms with E-state index in [0.717, 1.165) is 41.2 Å². The van der Waals surface area contributed by atoms with E-state index in [1.165, 1.54) is 11.3 Å². The highest BCUT2D eigenvalue weighted by Gasteiger charge is 2.28. The maximum absolute atomic E-state index is 11.4. The van der Waals surface area contributed by atoms with Crippen molar-refractivity contribution in [1.29, 1.82) is 0 Å². The molecule has 0 amide bonds. The van der Waals surface area contributed by atoms with Gasteiger partial charge < -0.3 is 10.0 Å². The molecule has 112 valence electrons. The van der Waals surface area contributed by atoms with E-state index in [-0.39, 0.29) is 17.2 Å². The van der Waals surface area contributed by atoms with Gasteiger partial charge >= 0.3 is 0 Å². The number of aryl methyl sites for hydroxylation is 1. The van der Waals surface area contributed by atoms with Crippen LogP contribution in [0.1, 0.15) is 17.8 Å². The molecule has 6 nitrogen and oxygen atoms in total. The topological polar surface area (TPSA) is 79.5 Å². The molecule has 1 aromatic carbocycles. The number of anilines is 1. The van der Waals surface area contributed by atoms with Crippen molar-refractivity contribution in [3.05, 3.63) is 27.3 Å². The lowest BCUT2D eigenvalue weighted by Gasteiger charge is -2.18. The molecule has 1 aliphatic heterocycles. The molecular formula is C14H17N3O3S. The molecular weight excluding hydrogens is 290 g/mol. The van der Waals surface area contributed by atoms with E-state index in [1.807, 2.05) is 17.9 Å². The molecule has 3 rings (SSSR count). The lowest BCUT2D eigenvalue weighted by Crippen LogP contribution is -2.21. The molecule has 1 aromatic heterocycles. The van der Waals surface area contributed by atoms with Gasteiger partial charge in [0.05, 0.1) is 20.1 Å². The first-order valence-corrected chi connectivity index (χ1v) is 7.81. The Kier molecular flexibility index (Phi) is 3.77. The van der Waals surface area contributed by atoms with Crippen LogP contribution < -0.4 is 4.90 Å². The minimum Gasteiger partial charge on any atom is -0.396 e. The van der Waals surface area contributed by atoms with E-state index in [2.05, 4.69) is 4.98 Å². The quantitative estimate of drug-likeness (QED) is 0.694. The van der Waals surface area contributed by atoms with Gasteiger partial charge in [-0.2, -0.15) is 0 Å². The predicted octanol–water partition coefficient (Wildman–Crippen LogP) is 2.72. The zero-order valence-corrected chi connectivity index (χ0v) is 12.6. The van der Waals surface area contributed by atoms with E-state index < -0.39 is 0 Å². The van der Waals surface area contributed by atoms with Gasteiger partial charge in [0.25, 0.3) is 5.69 Å². The fraction of sp³-hybridized carbons (Fsp3) is 0.500. The largest absolute Gasteiger partial charge is 0.396 e. The molecule has 2 aromatic rings. The molecule has 1 N–H and O–H groups in total. The van der Waals surface area contributed by atoms with Gasteiger partial charge in [-0.3, -0.25) is 10.1 Å². The van der Waals surface area contributed by atoms with Crippen LogP contribution in [-0.4, -0.2) is 34.7 Å². The Hall–Kier alpha value is -1.73. The molecule has 0 aliphatic carbocycles. The second-order valence-corrected chi connectivity index (χ2v) is 6.65. The summed E-state index contributed by atoms with van der Waals surface area (Å²) >= 11 is 1.48. The van der Waals surface area contributed by atoms with Crippen molar-refractivity contribution < 1.29 is 10.0 Å². The number of aliphatic hydroxyl groups excluding tert-OH is 1. The van der Waals surface area contributed by atoms with Gasteiger partial charge in [-0.05, 0) is 31.7 Å². The molecule has 1 aliphatic rings. The minimum absolute atomic E-state index is 0.149. The van der Waals surface area contributed by atoms with Crippen molar-refractivity contribution in [2.24, 2.45) is 5.92 Å². The summed E-state index contributed by atoms with van der Waals surface area (Å²) in [6.07, 6.45) is 1.72. The van der Waals surface area contributed by atoms with Crippen LogP contribution in [0.2, 0.25) is 0 Å². The van der Waals surface area contributed by atoms with Gasteiger partial charge in [-0.15, -0.1) is 11.3 Å². The van der Waals surface area contributed by atoms with Crippen LogP contribution in [0.5, 0.6) is 0 Å². The first-order valence-electron chi connectivity index (χ1n) is 7.00. The lowest BCUT2D eigenvalue weighted by atomic mass is 10.1. The summed E-state index contributed by atoms with van der Waals surface area (Å²) in [5, 5.41) is 21.3.